The zero-order valence-electron chi connectivity index (χ0n) is 11.4. The average molecular weight is 337 g/mol. The van der Waals surface area contributed by atoms with E-state index in [0.29, 0.717) is 26.7 Å². The molecule has 0 fully saturated rings. The number of hydrogen-bond acceptors (Lipinski definition) is 4. The SMILES string of the molecule is COc1ccc(C(=O)Nc2nc3cc(Cl)c(F)cc3s2)cc1. The maximum atomic E-state index is 13.4. The van der Waals surface area contributed by atoms with Crippen LogP contribution in [0, 0.1) is 5.82 Å². The van der Waals surface area contributed by atoms with E-state index >= 15 is 0 Å². The maximum Gasteiger partial charge on any atom is 0.257 e. The van der Waals surface area contributed by atoms with Gasteiger partial charge in [-0.25, -0.2) is 9.37 Å². The number of ether oxygens (including phenoxy) is 1. The number of rotatable bonds is 3. The molecule has 4 nitrogen and oxygen atoms in total. The minimum Gasteiger partial charge on any atom is -0.497 e. The maximum absolute atomic E-state index is 13.4. The number of aromatic nitrogens is 1. The van der Waals surface area contributed by atoms with E-state index in [-0.39, 0.29) is 10.9 Å². The van der Waals surface area contributed by atoms with Crippen LogP contribution >= 0.6 is 22.9 Å². The lowest BCUT2D eigenvalue weighted by atomic mass is 10.2. The first kappa shape index (κ1) is 14.7. The number of hydrogen-bond donors (Lipinski definition) is 1. The molecule has 0 saturated heterocycles. The van der Waals surface area contributed by atoms with Crippen LogP contribution in [0.1, 0.15) is 10.4 Å². The molecule has 112 valence electrons. The third kappa shape index (κ3) is 2.88. The number of nitrogens with one attached hydrogen (secondary N) is 1. The van der Waals surface area contributed by atoms with Gasteiger partial charge in [0.25, 0.3) is 5.91 Å². The van der Waals surface area contributed by atoms with Crippen molar-refractivity contribution in [1.82, 2.24) is 4.98 Å². The van der Waals surface area contributed by atoms with Gasteiger partial charge in [0.05, 0.1) is 22.3 Å². The first-order chi connectivity index (χ1) is 10.6. The third-order valence-corrected chi connectivity index (χ3v) is 4.23. The summed E-state index contributed by atoms with van der Waals surface area (Å²) in [5, 5.41) is 3.08. The topological polar surface area (TPSA) is 51.2 Å². The van der Waals surface area contributed by atoms with Crippen LogP contribution in [0.4, 0.5) is 9.52 Å². The Kier molecular flexibility index (Phi) is 3.96. The van der Waals surface area contributed by atoms with E-state index in [1.807, 2.05) is 0 Å². The Labute approximate surface area is 134 Å². The molecular weight excluding hydrogens is 327 g/mol. The molecule has 0 saturated carbocycles. The second-order valence-electron chi connectivity index (χ2n) is 4.44. The summed E-state index contributed by atoms with van der Waals surface area (Å²) in [6, 6.07) is 9.44. The Balaban J connectivity index is 1.84. The van der Waals surface area contributed by atoms with Crippen molar-refractivity contribution in [1.29, 1.82) is 0 Å². The predicted molar refractivity (Wildman–Crippen MR) is 85.5 cm³/mol. The van der Waals surface area contributed by atoms with Crippen molar-refractivity contribution < 1.29 is 13.9 Å². The number of amides is 1. The molecule has 22 heavy (non-hydrogen) atoms. The smallest absolute Gasteiger partial charge is 0.257 e. The Morgan fingerprint density at radius 3 is 2.73 bits per heavy atom. The number of methoxy groups -OCH3 is 1. The fraction of sp³-hybridized carbons (Fsp3) is 0.0667. The van der Waals surface area contributed by atoms with Crippen molar-refractivity contribution in [2.75, 3.05) is 12.4 Å². The van der Waals surface area contributed by atoms with E-state index in [0.717, 1.165) is 0 Å². The molecule has 3 aromatic rings. The van der Waals surface area contributed by atoms with E-state index in [9.17, 15) is 9.18 Å². The van der Waals surface area contributed by atoms with Gasteiger partial charge in [0.2, 0.25) is 0 Å². The Morgan fingerprint density at radius 2 is 2.05 bits per heavy atom. The molecule has 1 N–H and O–H groups in total. The van der Waals surface area contributed by atoms with E-state index < -0.39 is 5.82 Å². The van der Waals surface area contributed by atoms with Gasteiger partial charge in [-0.1, -0.05) is 22.9 Å². The van der Waals surface area contributed by atoms with Crippen molar-refractivity contribution in [2.45, 2.75) is 0 Å². The number of benzene rings is 2. The fourth-order valence-corrected chi connectivity index (χ4v) is 2.91. The Bertz CT molecular complexity index is 810. The van der Waals surface area contributed by atoms with Crippen LogP contribution in [-0.2, 0) is 0 Å². The highest BCUT2D eigenvalue weighted by Gasteiger charge is 2.12. The zero-order chi connectivity index (χ0) is 15.7. The van der Waals surface area contributed by atoms with Gasteiger partial charge in [0, 0.05) is 5.56 Å². The molecule has 1 aromatic heterocycles. The molecule has 0 spiro atoms. The highest BCUT2D eigenvalue weighted by Crippen LogP contribution is 2.30. The number of carbonyl (C=O) groups excluding carboxylic acids is 1. The number of carbonyl (C=O) groups is 1. The van der Waals surface area contributed by atoms with E-state index in [1.54, 1.807) is 31.4 Å². The van der Waals surface area contributed by atoms with Crippen LogP contribution < -0.4 is 10.1 Å². The lowest BCUT2D eigenvalue weighted by Crippen LogP contribution is -2.11. The Hall–Kier alpha value is -2.18. The summed E-state index contributed by atoms with van der Waals surface area (Å²) in [5.41, 5.74) is 1.02. The minimum absolute atomic E-state index is 0.00540. The molecule has 0 bridgehead atoms. The summed E-state index contributed by atoms with van der Waals surface area (Å²) < 4.78 is 19.1. The predicted octanol–water partition coefficient (Wildman–Crippen LogP) is 4.35. The summed E-state index contributed by atoms with van der Waals surface area (Å²) >= 11 is 6.90. The highest BCUT2D eigenvalue weighted by atomic mass is 35.5. The number of thiazole rings is 1. The Morgan fingerprint density at radius 1 is 1.32 bits per heavy atom. The van der Waals surface area contributed by atoms with Gasteiger partial charge in [-0.2, -0.15) is 0 Å². The van der Waals surface area contributed by atoms with Gasteiger partial charge < -0.3 is 4.74 Å². The molecule has 0 aliphatic rings. The number of anilines is 1. The lowest BCUT2D eigenvalue weighted by Gasteiger charge is -2.03. The van der Waals surface area contributed by atoms with Gasteiger partial charge in [0.15, 0.2) is 5.13 Å². The summed E-state index contributed by atoms with van der Waals surface area (Å²) in [4.78, 5) is 16.4. The summed E-state index contributed by atoms with van der Waals surface area (Å²) in [5.74, 6) is -0.138. The van der Waals surface area contributed by atoms with Crippen LogP contribution in [0.3, 0.4) is 0 Å². The number of halogens is 2. The standard InChI is InChI=1S/C15H10ClFN2O2S/c1-21-9-4-2-8(3-5-9)14(20)19-15-18-12-6-10(16)11(17)7-13(12)22-15/h2-7H,1H3,(H,18,19,20). The summed E-state index contributed by atoms with van der Waals surface area (Å²) in [6.07, 6.45) is 0. The molecular formula is C15H10ClFN2O2S. The fourth-order valence-electron chi connectivity index (χ4n) is 1.89. The molecule has 0 radical (unpaired) electrons. The molecule has 3 rings (SSSR count). The normalized spacial score (nSPS) is 10.7. The second kappa shape index (κ2) is 5.90. The van der Waals surface area contributed by atoms with Gasteiger partial charge in [-0.3, -0.25) is 10.1 Å². The quantitative estimate of drug-likeness (QED) is 0.773. The van der Waals surface area contributed by atoms with Crippen molar-refractivity contribution >= 4 is 44.2 Å². The average Bonchev–Trinajstić information content (AvgIpc) is 2.89. The van der Waals surface area contributed by atoms with Crippen LogP contribution in [-0.4, -0.2) is 18.0 Å². The van der Waals surface area contributed by atoms with Crippen LogP contribution in [0.15, 0.2) is 36.4 Å². The van der Waals surface area contributed by atoms with E-state index in [1.165, 1.54) is 23.5 Å². The molecule has 0 aliphatic carbocycles. The summed E-state index contributed by atoms with van der Waals surface area (Å²) in [6.45, 7) is 0. The monoisotopic (exact) mass is 336 g/mol. The molecule has 0 unspecified atom stereocenters. The van der Waals surface area contributed by atoms with Crippen LogP contribution in [0.25, 0.3) is 10.2 Å². The van der Waals surface area contributed by atoms with Crippen molar-refractivity contribution in [2.24, 2.45) is 0 Å². The van der Waals surface area contributed by atoms with Gasteiger partial charge in [-0.05, 0) is 36.4 Å². The van der Waals surface area contributed by atoms with Gasteiger partial charge in [0.1, 0.15) is 11.6 Å². The molecule has 7 heteroatoms. The second-order valence-corrected chi connectivity index (χ2v) is 5.87. The first-order valence-corrected chi connectivity index (χ1v) is 7.47. The van der Waals surface area contributed by atoms with Crippen molar-refractivity contribution in [3.63, 3.8) is 0 Å². The van der Waals surface area contributed by atoms with Gasteiger partial charge >= 0.3 is 0 Å². The van der Waals surface area contributed by atoms with Crippen molar-refractivity contribution in [3.8, 4) is 5.75 Å². The molecule has 0 atom stereocenters. The number of fused-ring (bicyclic) bond motifs is 1. The van der Waals surface area contributed by atoms with E-state index in [4.69, 9.17) is 16.3 Å². The van der Waals surface area contributed by atoms with E-state index in [2.05, 4.69) is 10.3 Å². The first-order valence-electron chi connectivity index (χ1n) is 6.28. The summed E-state index contributed by atoms with van der Waals surface area (Å²) in [7, 11) is 1.56. The molecule has 1 amide bonds. The molecule has 1 heterocycles. The number of nitrogens with zero attached hydrogens (tertiary/aromatic N) is 1. The minimum atomic E-state index is -0.508. The van der Waals surface area contributed by atoms with Crippen LogP contribution in [0.5, 0.6) is 5.75 Å². The highest BCUT2D eigenvalue weighted by molar-refractivity contribution is 7.22. The zero-order valence-corrected chi connectivity index (χ0v) is 13.0. The van der Waals surface area contributed by atoms with Crippen molar-refractivity contribution in [3.05, 3.63) is 52.8 Å². The molecule has 0 aliphatic heterocycles. The lowest BCUT2D eigenvalue weighted by molar-refractivity contribution is 0.102. The molecule has 2 aromatic carbocycles. The van der Waals surface area contributed by atoms with Gasteiger partial charge in [-0.15, -0.1) is 0 Å². The van der Waals surface area contributed by atoms with Crippen LogP contribution in [0.2, 0.25) is 5.02 Å². The largest absolute Gasteiger partial charge is 0.497 e. The third-order valence-electron chi connectivity index (χ3n) is 3.00.